The minimum Gasteiger partial charge on any atom is -0.387 e. The van der Waals surface area contributed by atoms with E-state index in [1.807, 2.05) is 60.7 Å². The first-order valence-electron chi connectivity index (χ1n) is 11.6. The summed E-state index contributed by atoms with van der Waals surface area (Å²) in [6, 6.07) is 14.5. The molecule has 0 saturated carbocycles. The fraction of sp³-hybridized carbons (Fsp3) is 0.296. The molecule has 35 heavy (non-hydrogen) atoms. The predicted molar refractivity (Wildman–Crippen MR) is 137 cm³/mol. The minimum absolute atomic E-state index is 0.0989. The number of benzene rings is 2. The van der Waals surface area contributed by atoms with Gasteiger partial charge in [-0.2, -0.15) is 0 Å². The van der Waals surface area contributed by atoms with Gasteiger partial charge < -0.3 is 20.7 Å². The van der Waals surface area contributed by atoms with Crippen molar-refractivity contribution in [3.63, 3.8) is 0 Å². The number of nitrogens with one attached hydrogen (secondary N) is 2. The van der Waals surface area contributed by atoms with Gasteiger partial charge in [0.05, 0.1) is 19.0 Å². The molecule has 2 aromatic rings. The third kappa shape index (κ3) is 6.59. The topological polar surface area (TPSA) is 109 Å². The molecule has 2 aromatic carbocycles. The number of amides is 2. The quantitative estimate of drug-likeness (QED) is 0.388. The van der Waals surface area contributed by atoms with Crippen LogP contribution in [0.2, 0.25) is 5.02 Å². The molecule has 2 amide bonds. The number of hydrogen-bond donors (Lipinski definition) is 3. The minimum atomic E-state index is -0.695. The van der Waals surface area contributed by atoms with E-state index in [1.54, 1.807) is 4.90 Å². The van der Waals surface area contributed by atoms with E-state index in [0.717, 1.165) is 22.3 Å². The number of carbonyl (C=O) groups excluding carboxylic acids is 2. The Morgan fingerprint density at radius 1 is 1.03 bits per heavy atom. The Morgan fingerprint density at radius 3 is 2.34 bits per heavy atom. The monoisotopic (exact) mass is 492 g/mol. The number of ether oxygens (including phenoxy) is 1. The lowest BCUT2D eigenvalue weighted by Gasteiger charge is -2.31. The molecule has 1 aliphatic carbocycles. The summed E-state index contributed by atoms with van der Waals surface area (Å²) in [6.45, 7) is 2.00. The highest BCUT2D eigenvalue weighted by molar-refractivity contribution is 6.30. The molecule has 0 aromatic heterocycles. The lowest BCUT2D eigenvalue weighted by Crippen LogP contribution is -2.52. The van der Waals surface area contributed by atoms with Crippen molar-refractivity contribution in [3.8, 4) is 0 Å². The third-order valence-electron chi connectivity index (χ3n) is 6.16. The zero-order valence-electron chi connectivity index (χ0n) is 19.4. The number of allylic oxidation sites excluding steroid dienone is 3. The molecule has 0 bridgehead atoms. The fourth-order valence-electron chi connectivity index (χ4n) is 4.25. The fourth-order valence-corrected chi connectivity index (χ4v) is 4.37. The van der Waals surface area contributed by atoms with Crippen LogP contribution in [-0.2, 0) is 27.2 Å². The Bertz CT molecular complexity index is 1150. The summed E-state index contributed by atoms with van der Waals surface area (Å²) in [7, 11) is 0. The summed E-state index contributed by atoms with van der Waals surface area (Å²) in [5, 5.41) is 11.1. The number of nitrogens with zero attached hydrogens (tertiary/aromatic N) is 1. The highest BCUT2D eigenvalue weighted by Crippen LogP contribution is 2.29. The van der Waals surface area contributed by atoms with Crippen LogP contribution in [-0.4, -0.2) is 54.9 Å². The number of halogens is 1. The van der Waals surface area contributed by atoms with Gasteiger partial charge in [0.2, 0.25) is 11.8 Å². The highest BCUT2D eigenvalue weighted by Gasteiger charge is 2.29. The molecule has 1 saturated heterocycles. The Hall–Kier alpha value is -3.42. The Morgan fingerprint density at radius 2 is 1.69 bits per heavy atom. The summed E-state index contributed by atoms with van der Waals surface area (Å²) in [5.74, 6) is -0.259. The maximum absolute atomic E-state index is 13.3. The Labute approximate surface area is 210 Å². The second-order valence-corrected chi connectivity index (χ2v) is 9.19. The molecule has 4 rings (SSSR count). The molecule has 1 atom stereocenters. The summed E-state index contributed by atoms with van der Waals surface area (Å²) in [5.41, 5.74) is 10.0. The SMILES string of the molecule is N=C(N)Cc1ccc(CC(NC(=O)C2=CC=C(c3ccc(Cl)cc3)C2)C(=O)N2CCOCC2)cc1. The van der Waals surface area contributed by atoms with Crippen molar-refractivity contribution in [3.05, 3.63) is 88.0 Å². The predicted octanol–water partition coefficient (Wildman–Crippen LogP) is 3.12. The first-order chi connectivity index (χ1) is 16.9. The third-order valence-corrected chi connectivity index (χ3v) is 6.41. The molecule has 182 valence electrons. The van der Waals surface area contributed by atoms with Crippen molar-refractivity contribution in [2.75, 3.05) is 26.3 Å². The normalized spacial score (nSPS) is 16.3. The van der Waals surface area contributed by atoms with Crippen LogP contribution in [0.1, 0.15) is 23.1 Å². The Balaban J connectivity index is 1.45. The van der Waals surface area contributed by atoms with Crippen molar-refractivity contribution in [2.24, 2.45) is 5.73 Å². The molecule has 1 unspecified atom stereocenters. The Kier molecular flexibility index (Phi) is 8.00. The van der Waals surface area contributed by atoms with E-state index in [0.29, 0.717) is 56.2 Å². The highest BCUT2D eigenvalue weighted by atomic mass is 35.5. The van der Waals surface area contributed by atoms with Gasteiger partial charge in [0.1, 0.15) is 6.04 Å². The van der Waals surface area contributed by atoms with Gasteiger partial charge in [-0.1, -0.05) is 60.2 Å². The number of amidine groups is 1. The lowest BCUT2D eigenvalue weighted by molar-refractivity contribution is -0.139. The van der Waals surface area contributed by atoms with Crippen LogP contribution in [0.5, 0.6) is 0 Å². The van der Waals surface area contributed by atoms with Crippen LogP contribution in [0, 0.1) is 5.41 Å². The molecule has 0 spiro atoms. The molecule has 0 radical (unpaired) electrons. The maximum atomic E-state index is 13.3. The number of nitrogens with two attached hydrogens (primary N) is 1. The zero-order valence-corrected chi connectivity index (χ0v) is 20.2. The van der Waals surface area contributed by atoms with Gasteiger partial charge >= 0.3 is 0 Å². The first kappa shape index (κ1) is 24.7. The van der Waals surface area contributed by atoms with Gasteiger partial charge in [0.25, 0.3) is 0 Å². The van der Waals surface area contributed by atoms with Crippen molar-refractivity contribution in [1.82, 2.24) is 10.2 Å². The van der Waals surface area contributed by atoms with Crippen LogP contribution in [0.25, 0.3) is 5.57 Å². The average molecular weight is 493 g/mol. The molecule has 2 aliphatic rings. The van der Waals surface area contributed by atoms with E-state index in [1.165, 1.54) is 0 Å². The molecule has 1 aliphatic heterocycles. The summed E-state index contributed by atoms with van der Waals surface area (Å²) < 4.78 is 5.38. The van der Waals surface area contributed by atoms with Gasteiger partial charge in [0, 0.05) is 42.9 Å². The largest absolute Gasteiger partial charge is 0.387 e. The first-order valence-corrected chi connectivity index (χ1v) is 12.0. The van der Waals surface area contributed by atoms with Gasteiger partial charge in [0.15, 0.2) is 0 Å². The molecule has 4 N–H and O–H groups in total. The van der Waals surface area contributed by atoms with Crippen LogP contribution in [0.15, 0.2) is 66.3 Å². The van der Waals surface area contributed by atoms with Gasteiger partial charge in [-0.3, -0.25) is 15.0 Å². The molecule has 8 heteroatoms. The van der Waals surface area contributed by atoms with Crippen molar-refractivity contribution >= 4 is 34.8 Å². The second-order valence-electron chi connectivity index (χ2n) is 8.75. The number of morpholine rings is 1. The van der Waals surface area contributed by atoms with E-state index in [9.17, 15) is 9.59 Å². The van der Waals surface area contributed by atoms with Crippen molar-refractivity contribution < 1.29 is 14.3 Å². The van der Waals surface area contributed by atoms with E-state index in [2.05, 4.69) is 5.32 Å². The van der Waals surface area contributed by atoms with Gasteiger partial charge in [-0.05, 0) is 34.4 Å². The zero-order chi connectivity index (χ0) is 24.8. The smallest absolute Gasteiger partial charge is 0.248 e. The van der Waals surface area contributed by atoms with Crippen LogP contribution in [0.4, 0.5) is 0 Å². The molecular weight excluding hydrogens is 464 g/mol. The van der Waals surface area contributed by atoms with Gasteiger partial charge in [-0.25, -0.2) is 0 Å². The number of hydrogen-bond acceptors (Lipinski definition) is 4. The number of rotatable bonds is 8. The van der Waals surface area contributed by atoms with Crippen molar-refractivity contribution in [2.45, 2.75) is 25.3 Å². The van der Waals surface area contributed by atoms with Gasteiger partial charge in [-0.15, -0.1) is 0 Å². The van der Waals surface area contributed by atoms with Crippen LogP contribution in [0.3, 0.4) is 0 Å². The maximum Gasteiger partial charge on any atom is 0.248 e. The molecule has 7 nitrogen and oxygen atoms in total. The molecular formula is C27H29ClN4O3. The molecule has 1 heterocycles. The summed E-state index contributed by atoms with van der Waals surface area (Å²) in [4.78, 5) is 28.3. The van der Waals surface area contributed by atoms with Crippen LogP contribution < -0.4 is 11.1 Å². The standard InChI is InChI=1S/C27H29ClN4O3/c28-23-9-7-20(8-10-23)21-5-6-22(17-21)26(33)31-24(27(34)32-11-13-35-14-12-32)15-18-1-3-19(4-2-18)16-25(29)30/h1-10,24H,11-17H2,(H3,29,30)(H,31,33). The second kappa shape index (κ2) is 11.3. The lowest BCUT2D eigenvalue weighted by atomic mass is 10.0. The van der Waals surface area contributed by atoms with E-state index < -0.39 is 6.04 Å². The van der Waals surface area contributed by atoms with Crippen molar-refractivity contribution in [1.29, 1.82) is 5.41 Å². The van der Waals surface area contributed by atoms with Crippen LogP contribution >= 0.6 is 11.6 Å². The van der Waals surface area contributed by atoms with E-state index in [4.69, 9.17) is 27.5 Å². The summed E-state index contributed by atoms with van der Waals surface area (Å²) in [6.07, 6.45) is 4.99. The number of carbonyl (C=O) groups is 2. The summed E-state index contributed by atoms with van der Waals surface area (Å²) >= 11 is 5.99. The molecule has 1 fully saturated rings. The average Bonchev–Trinajstić information content (AvgIpc) is 3.35. The van der Waals surface area contributed by atoms with E-state index >= 15 is 0 Å². The van der Waals surface area contributed by atoms with E-state index in [-0.39, 0.29) is 17.6 Å².